The van der Waals surface area contributed by atoms with Gasteiger partial charge in [-0.3, -0.25) is 18.6 Å². The van der Waals surface area contributed by atoms with Crippen molar-refractivity contribution in [1.29, 1.82) is 0 Å². The lowest BCUT2D eigenvalue weighted by Gasteiger charge is -2.41. The molecule has 1 rings (SSSR count). The Bertz CT molecular complexity index is 1090. The van der Waals surface area contributed by atoms with Crippen molar-refractivity contribution in [2.24, 2.45) is 0 Å². The molecule has 1 aliphatic rings. The summed E-state index contributed by atoms with van der Waals surface area (Å²) in [6.07, 6.45) is 24.1. The maximum absolute atomic E-state index is 12.8. The minimum absolute atomic E-state index is 0.101. The van der Waals surface area contributed by atoms with Crippen molar-refractivity contribution in [2.75, 3.05) is 13.2 Å². The molecule has 0 spiro atoms. The summed E-state index contributed by atoms with van der Waals surface area (Å²) >= 11 is 0. The van der Waals surface area contributed by atoms with Crippen molar-refractivity contribution in [3.05, 3.63) is 12.2 Å². The first-order chi connectivity index (χ1) is 28.4. The lowest BCUT2D eigenvalue weighted by molar-refractivity contribution is -0.220. The molecular weight excluding hydrogens is 779 g/mol. The molecule has 0 heterocycles. The Kier molecular flexibility index (Phi) is 34.0. The molecule has 0 saturated heterocycles. The molecule has 348 valence electrons. The Morgan fingerprint density at radius 2 is 0.864 bits per heavy atom. The molecule has 0 aromatic carbocycles. The summed E-state index contributed by atoms with van der Waals surface area (Å²) in [4.78, 5) is 35.7. The summed E-state index contributed by atoms with van der Waals surface area (Å²) in [6, 6.07) is 0. The molecule has 14 heteroatoms. The third-order valence-electron chi connectivity index (χ3n) is 11.1. The molecule has 0 bridgehead atoms. The highest BCUT2D eigenvalue weighted by Crippen LogP contribution is 2.47. The number of aliphatic hydroxyl groups is 5. The highest BCUT2D eigenvalue weighted by atomic mass is 31.2. The van der Waals surface area contributed by atoms with Gasteiger partial charge in [-0.25, -0.2) is 4.57 Å². The van der Waals surface area contributed by atoms with E-state index < -0.39 is 75.7 Å². The zero-order valence-corrected chi connectivity index (χ0v) is 37.7. The molecule has 0 amide bonds. The lowest BCUT2D eigenvalue weighted by Crippen LogP contribution is -2.64. The van der Waals surface area contributed by atoms with Gasteiger partial charge in [0.05, 0.1) is 6.61 Å². The van der Waals surface area contributed by atoms with Crippen LogP contribution in [0.25, 0.3) is 0 Å². The van der Waals surface area contributed by atoms with Crippen LogP contribution in [-0.4, -0.2) is 98.3 Å². The third kappa shape index (κ3) is 28.7. The van der Waals surface area contributed by atoms with E-state index in [1.54, 1.807) is 0 Å². The van der Waals surface area contributed by atoms with Gasteiger partial charge in [0.2, 0.25) is 0 Å². The average Bonchev–Trinajstić information content (AvgIpc) is 3.21. The first-order valence-electron chi connectivity index (χ1n) is 23.5. The summed E-state index contributed by atoms with van der Waals surface area (Å²) in [5.74, 6) is -1.10. The van der Waals surface area contributed by atoms with Gasteiger partial charge in [0.1, 0.15) is 43.2 Å². The molecule has 0 aromatic heterocycles. The summed E-state index contributed by atoms with van der Waals surface area (Å²) in [7, 11) is -5.11. The van der Waals surface area contributed by atoms with Crippen LogP contribution in [-0.2, 0) is 32.7 Å². The van der Waals surface area contributed by atoms with Crippen LogP contribution >= 0.6 is 7.82 Å². The molecule has 0 radical (unpaired) electrons. The summed E-state index contributed by atoms with van der Waals surface area (Å²) in [6.45, 7) is 3.28. The third-order valence-corrected chi connectivity index (χ3v) is 12.1. The fourth-order valence-corrected chi connectivity index (χ4v) is 8.26. The number of esters is 2. The first kappa shape index (κ1) is 55.6. The molecule has 59 heavy (non-hydrogen) atoms. The standard InChI is InChI=1S/C45H85O13P/c1-3-5-7-9-11-13-15-17-18-19-20-21-22-24-26-28-30-32-34-39(47)57-37(35-55-38(46)33-31-29-27-25-23-16-14-12-10-8-6-4-2)36-56-59(53,54)58-45-43(51)41(49)40(48)42(50)44(45)52/h12,14,37,40-45,48-52H,3-11,13,15-36H2,1-2H3,(H,53,54)/b14-12-/t37-,40?,41-,42?,43?,44?,45?/m1/s1. The fraction of sp³-hybridized carbons (Fsp3) is 0.911. The Hall–Kier alpha value is -1.41. The second kappa shape index (κ2) is 36.1. The van der Waals surface area contributed by atoms with E-state index in [9.17, 15) is 44.6 Å². The summed E-state index contributed by atoms with van der Waals surface area (Å²) in [5.41, 5.74) is 0. The van der Waals surface area contributed by atoms with Crippen molar-refractivity contribution in [1.82, 2.24) is 0 Å². The molecule has 0 aromatic rings. The van der Waals surface area contributed by atoms with Crippen molar-refractivity contribution < 1.29 is 63.1 Å². The number of unbranched alkanes of at least 4 members (excludes halogenated alkanes) is 25. The van der Waals surface area contributed by atoms with E-state index in [4.69, 9.17) is 18.5 Å². The number of phosphoric acid groups is 1. The van der Waals surface area contributed by atoms with E-state index in [1.807, 2.05) is 0 Å². The van der Waals surface area contributed by atoms with Gasteiger partial charge in [-0.05, 0) is 38.5 Å². The van der Waals surface area contributed by atoms with Gasteiger partial charge < -0.3 is 39.9 Å². The van der Waals surface area contributed by atoms with Crippen molar-refractivity contribution >= 4 is 19.8 Å². The van der Waals surface area contributed by atoms with E-state index in [1.165, 1.54) is 109 Å². The molecular formula is C45H85O13P. The fourth-order valence-electron chi connectivity index (χ4n) is 7.28. The van der Waals surface area contributed by atoms with Gasteiger partial charge in [-0.15, -0.1) is 0 Å². The zero-order valence-electron chi connectivity index (χ0n) is 36.8. The molecule has 6 unspecified atom stereocenters. The van der Waals surface area contributed by atoms with Crippen molar-refractivity contribution in [2.45, 2.75) is 249 Å². The van der Waals surface area contributed by atoms with Crippen LogP contribution in [0.1, 0.15) is 206 Å². The van der Waals surface area contributed by atoms with E-state index in [0.29, 0.717) is 12.8 Å². The van der Waals surface area contributed by atoms with Crippen LogP contribution in [0.5, 0.6) is 0 Å². The number of carbonyl (C=O) groups excluding carboxylic acids is 2. The van der Waals surface area contributed by atoms with Gasteiger partial charge in [0.15, 0.2) is 6.10 Å². The van der Waals surface area contributed by atoms with E-state index >= 15 is 0 Å². The van der Waals surface area contributed by atoms with Crippen LogP contribution in [0, 0.1) is 0 Å². The van der Waals surface area contributed by atoms with Crippen molar-refractivity contribution in [3.63, 3.8) is 0 Å². The van der Waals surface area contributed by atoms with Crippen molar-refractivity contribution in [3.8, 4) is 0 Å². The van der Waals surface area contributed by atoms with Gasteiger partial charge in [-0.1, -0.05) is 167 Å². The quantitative estimate of drug-likeness (QED) is 0.0148. The van der Waals surface area contributed by atoms with Crippen LogP contribution in [0.4, 0.5) is 0 Å². The average molecular weight is 865 g/mol. The van der Waals surface area contributed by atoms with E-state index in [0.717, 1.165) is 57.8 Å². The van der Waals surface area contributed by atoms with Gasteiger partial charge >= 0.3 is 19.8 Å². The highest BCUT2D eigenvalue weighted by molar-refractivity contribution is 7.47. The first-order valence-corrected chi connectivity index (χ1v) is 25.0. The van der Waals surface area contributed by atoms with Gasteiger partial charge in [-0.2, -0.15) is 0 Å². The monoisotopic (exact) mass is 865 g/mol. The summed E-state index contributed by atoms with van der Waals surface area (Å²) < 4.78 is 33.5. The Morgan fingerprint density at radius 1 is 0.508 bits per heavy atom. The predicted molar refractivity (Wildman–Crippen MR) is 231 cm³/mol. The number of allylic oxidation sites excluding steroid dienone is 2. The van der Waals surface area contributed by atoms with Crippen LogP contribution in [0.2, 0.25) is 0 Å². The second-order valence-corrected chi connectivity index (χ2v) is 18.0. The number of rotatable bonds is 39. The topological polar surface area (TPSA) is 210 Å². The smallest absolute Gasteiger partial charge is 0.462 e. The molecule has 1 saturated carbocycles. The number of hydrogen-bond acceptors (Lipinski definition) is 12. The second-order valence-electron chi connectivity index (χ2n) is 16.6. The lowest BCUT2D eigenvalue weighted by atomic mass is 9.85. The Labute approximate surface area is 356 Å². The highest BCUT2D eigenvalue weighted by Gasteiger charge is 2.51. The number of phosphoric ester groups is 1. The Morgan fingerprint density at radius 3 is 1.32 bits per heavy atom. The Balaban J connectivity index is 2.43. The SMILES string of the molecule is CCCCC/C=C\CCCCCCCC(=O)OC[C@H](COP(=O)(O)OC1C(O)C(O)C(O)[C@@H](O)C1O)OC(=O)CCCCCCCCCCCCCCCCCCCC. The largest absolute Gasteiger partial charge is 0.472 e. The molecule has 0 aliphatic heterocycles. The van der Waals surface area contributed by atoms with Crippen LogP contribution < -0.4 is 0 Å². The number of aliphatic hydroxyl groups excluding tert-OH is 5. The number of hydrogen-bond donors (Lipinski definition) is 6. The van der Waals surface area contributed by atoms with E-state index in [-0.39, 0.29) is 12.8 Å². The normalized spacial score (nSPS) is 22.4. The van der Waals surface area contributed by atoms with Crippen LogP contribution in [0.15, 0.2) is 12.2 Å². The number of ether oxygens (including phenoxy) is 2. The zero-order chi connectivity index (χ0) is 43.6. The minimum atomic E-state index is -5.11. The minimum Gasteiger partial charge on any atom is -0.462 e. The maximum atomic E-state index is 12.8. The van der Waals surface area contributed by atoms with Gasteiger partial charge in [0, 0.05) is 12.8 Å². The molecule has 1 aliphatic carbocycles. The molecule has 8 atom stereocenters. The molecule has 1 fully saturated rings. The van der Waals surface area contributed by atoms with Gasteiger partial charge in [0.25, 0.3) is 0 Å². The van der Waals surface area contributed by atoms with E-state index in [2.05, 4.69) is 26.0 Å². The predicted octanol–water partition coefficient (Wildman–Crippen LogP) is 9.06. The molecule has 13 nitrogen and oxygen atoms in total. The maximum Gasteiger partial charge on any atom is 0.472 e. The van der Waals surface area contributed by atoms with Crippen LogP contribution in [0.3, 0.4) is 0 Å². The number of carbonyl (C=O) groups is 2. The summed E-state index contributed by atoms with van der Waals surface area (Å²) in [5, 5.41) is 50.1. The molecule has 6 N–H and O–H groups in total.